The summed E-state index contributed by atoms with van der Waals surface area (Å²) in [5.41, 5.74) is 1.13. The minimum atomic E-state index is -3.71. The zero-order valence-corrected chi connectivity index (χ0v) is 14.6. The molecule has 3 aromatic rings. The summed E-state index contributed by atoms with van der Waals surface area (Å²) < 4.78 is 38.2. The average molecular weight is 365 g/mol. The van der Waals surface area contributed by atoms with Gasteiger partial charge in [0.15, 0.2) is 0 Å². The molecule has 0 aliphatic carbocycles. The van der Waals surface area contributed by atoms with Crippen molar-refractivity contribution in [1.82, 2.24) is 10.2 Å². The molecule has 2 heterocycles. The number of aromatic nitrogens is 2. The van der Waals surface area contributed by atoms with Gasteiger partial charge in [-0.05, 0) is 18.2 Å². The number of anilines is 1. The molecule has 0 radical (unpaired) electrons. The number of ether oxygens (including phenoxy) is 2. The van der Waals surface area contributed by atoms with Gasteiger partial charge in [0.05, 0.1) is 30.5 Å². The molecule has 0 fully saturated rings. The first kappa shape index (κ1) is 16.3. The number of nitrogens with zero attached hydrogens (tertiary/aromatic N) is 1. The molecule has 0 amide bonds. The summed E-state index contributed by atoms with van der Waals surface area (Å²) in [6.45, 7) is 0. The van der Waals surface area contributed by atoms with E-state index >= 15 is 0 Å². The van der Waals surface area contributed by atoms with Crippen molar-refractivity contribution < 1.29 is 17.9 Å². The van der Waals surface area contributed by atoms with Gasteiger partial charge in [0.1, 0.15) is 15.7 Å². The molecule has 2 aromatic heterocycles. The molecular formula is C15H15N3O4S2. The molecule has 3 rings (SSSR count). The van der Waals surface area contributed by atoms with E-state index in [0.717, 1.165) is 21.9 Å². The average Bonchev–Trinajstić information content (AvgIpc) is 3.24. The molecule has 0 spiro atoms. The molecule has 0 aliphatic rings. The number of rotatable bonds is 6. The number of methoxy groups -OCH3 is 2. The van der Waals surface area contributed by atoms with Crippen molar-refractivity contribution in [3.05, 3.63) is 42.6 Å². The number of sulfonamides is 1. The third kappa shape index (κ3) is 3.36. The summed E-state index contributed by atoms with van der Waals surface area (Å²) in [7, 11) is -0.704. The van der Waals surface area contributed by atoms with Crippen LogP contribution in [0.2, 0.25) is 0 Å². The topological polar surface area (TPSA) is 93.3 Å². The van der Waals surface area contributed by atoms with Crippen molar-refractivity contribution in [3.8, 4) is 22.1 Å². The number of thiophene rings is 1. The number of nitrogens with one attached hydrogen (secondary N) is 2. The first-order chi connectivity index (χ1) is 11.5. The fourth-order valence-corrected chi connectivity index (χ4v) is 4.40. The van der Waals surface area contributed by atoms with Crippen molar-refractivity contribution in [3.63, 3.8) is 0 Å². The molecule has 0 saturated heterocycles. The summed E-state index contributed by atoms with van der Waals surface area (Å²) in [5, 5.41) is 6.67. The molecule has 2 N–H and O–H groups in total. The minimum absolute atomic E-state index is 0.203. The van der Waals surface area contributed by atoms with E-state index < -0.39 is 10.0 Å². The fourth-order valence-electron chi connectivity index (χ4n) is 2.07. The van der Waals surface area contributed by atoms with Crippen molar-refractivity contribution >= 4 is 27.0 Å². The van der Waals surface area contributed by atoms with Crippen LogP contribution >= 0.6 is 11.3 Å². The van der Waals surface area contributed by atoms with Gasteiger partial charge in [-0.3, -0.25) is 9.82 Å². The molecule has 0 bridgehead atoms. The van der Waals surface area contributed by atoms with Crippen LogP contribution in [0, 0.1) is 0 Å². The van der Waals surface area contributed by atoms with Gasteiger partial charge < -0.3 is 9.47 Å². The predicted molar refractivity (Wildman–Crippen MR) is 92.3 cm³/mol. The van der Waals surface area contributed by atoms with Crippen LogP contribution < -0.4 is 14.2 Å². The molecule has 9 heteroatoms. The van der Waals surface area contributed by atoms with Crippen LogP contribution in [0.25, 0.3) is 10.6 Å². The van der Waals surface area contributed by atoms with Gasteiger partial charge >= 0.3 is 0 Å². The van der Waals surface area contributed by atoms with Crippen LogP contribution in [-0.2, 0) is 10.0 Å². The van der Waals surface area contributed by atoms with E-state index in [1.165, 1.54) is 14.2 Å². The zero-order valence-electron chi connectivity index (χ0n) is 12.9. The Morgan fingerprint density at radius 3 is 2.38 bits per heavy atom. The lowest BCUT2D eigenvalue weighted by molar-refractivity contribution is 0.395. The maximum absolute atomic E-state index is 12.6. The lowest BCUT2D eigenvalue weighted by Gasteiger charge is -2.10. The molecule has 0 unspecified atom stereocenters. The second-order valence-electron chi connectivity index (χ2n) is 4.80. The first-order valence-corrected chi connectivity index (χ1v) is 9.17. The summed E-state index contributed by atoms with van der Waals surface area (Å²) in [6.07, 6.45) is 1.62. The number of hydrogen-bond acceptors (Lipinski definition) is 6. The fraction of sp³-hybridized carbons (Fsp3) is 0.133. The predicted octanol–water partition coefficient (Wildman–Crippen LogP) is 2.96. The van der Waals surface area contributed by atoms with Crippen LogP contribution in [0.3, 0.4) is 0 Å². The van der Waals surface area contributed by atoms with E-state index in [-0.39, 0.29) is 4.21 Å². The van der Waals surface area contributed by atoms with Crippen molar-refractivity contribution in [1.29, 1.82) is 0 Å². The van der Waals surface area contributed by atoms with Gasteiger partial charge in [-0.15, -0.1) is 11.3 Å². The van der Waals surface area contributed by atoms with Gasteiger partial charge in [-0.1, -0.05) is 0 Å². The van der Waals surface area contributed by atoms with Gasteiger partial charge in [-0.2, -0.15) is 5.10 Å². The van der Waals surface area contributed by atoms with E-state index in [9.17, 15) is 8.42 Å². The van der Waals surface area contributed by atoms with Crippen molar-refractivity contribution in [2.24, 2.45) is 0 Å². The summed E-state index contributed by atoms with van der Waals surface area (Å²) >= 11 is 1.15. The van der Waals surface area contributed by atoms with Crippen molar-refractivity contribution in [2.45, 2.75) is 4.21 Å². The van der Waals surface area contributed by atoms with Gasteiger partial charge in [-0.25, -0.2) is 8.42 Å². The van der Waals surface area contributed by atoms with E-state index in [1.807, 2.05) is 0 Å². The summed E-state index contributed by atoms with van der Waals surface area (Å²) in [5.74, 6) is 0.993. The lowest BCUT2D eigenvalue weighted by Crippen LogP contribution is -2.11. The Balaban J connectivity index is 1.89. The van der Waals surface area contributed by atoms with Crippen LogP contribution in [0.15, 0.2) is 46.8 Å². The lowest BCUT2D eigenvalue weighted by atomic mass is 10.3. The smallest absolute Gasteiger partial charge is 0.271 e. The maximum Gasteiger partial charge on any atom is 0.271 e. The third-order valence-electron chi connectivity index (χ3n) is 3.22. The van der Waals surface area contributed by atoms with Crippen molar-refractivity contribution in [2.75, 3.05) is 18.9 Å². The molecular weight excluding hydrogens is 350 g/mol. The Bertz CT molecular complexity index is 911. The van der Waals surface area contributed by atoms with Gasteiger partial charge in [0.2, 0.25) is 0 Å². The second-order valence-corrected chi connectivity index (χ2v) is 7.79. The Hall–Kier alpha value is -2.52. The van der Waals surface area contributed by atoms with Crippen LogP contribution in [0.1, 0.15) is 0 Å². The quantitative estimate of drug-likeness (QED) is 0.700. The van der Waals surface area contributed by atoms with Crippen LogP contribution in [0.4, 0.5) is 5.69 Å². The highest BCUT2D eigenvalue weighted by Crippen LogP contribution is 2.32. The minimum Gasteiger partial charge on any atom is -0.497 e. The Morgan fingerprint density at radius 1 is 1.08 bits per heavy atom. The highest BCUT2D eigenvalue weighted by Gasteiger charge is 2.18. The second kappa shape index (κ2) is 6.54. The molecule has 7 nitrogen and oxygen atoms in total. The van der Waals surface area contributed by atoms with E-state index in [1.54, 1.807) is 42.6 Å². The highest BCUT2D eigenvalue weighted by molar-refractivity contribution is 7.94. The Labute approximate surface area is 143 Å². The highest BCUT2D eigenvalue weighted by atomic mass is 32.2. The third-order valence-corrected chi connectivity index (χ3v) is 6.21. The monoisotopic (exact) mass is 365 g/mol. The molecule has 126 valence electrons. The standard InChI is InChI=1S/C15H15N3O4S2/c1-21-11-7-10(8-12(9-11)22-2)18-24(19,20)15-4-3-14(23-15)13-5-6-16-17-13/h3-9,18H,1-2H3,(H,16,17). The molecule has 0 aliphatic heterocycles. The van der Waals surface area contributed by atoms with Gasteiger partial charge in [0.25, 0.3) is 10.0 Å². The van der Waals surface area contributed by atoms with Gasteiger partial charge in [0, 0.05) is 24.4 Å². The molecule has 0 atom stereocenters. The number of benzene rings is 1. The normalized spacial score (nSPS) is 11.2. The van der Waals surface area contributed by atoms with E-state index in [2.05, 4.69) is 14.9 Å². The summed E-state index contributed by atoms with van der Waals surface area (Å²) in [4.78, 5) is 0.788. The number of H-pyrrole nitrogens is 1. The maximum atomic E-state index is 12.6. The largest absolute Gasteiger partial charge is 0.497 e. The van der Waals surface area contributed by atoms with Crippen LogP contribution in [0.5, 0.6) is 11.5 Å². The SMILES string of the molecule is COc1cc(NS(=O)(=O)c2ccc(-c3ccn[nH]3)s2)cc(OC)c1. The van der Waals surface area contributed by atoms with Crippen LogP contribution in [-0.4, -0.2) is 32.8 Å². The summed E-state index contributed by atoms with van der Waals surface area (Å²) in [6, 6.07) is 9.91. The Morgan fingerprint density at radius 2 is 1.79 bits per heavy atom. The number of aromatic amines is 1. The molecule has 0 saturated carbocycles. The first-order valence-electron chi connectivity index (χ1n) is 6.87. The molecule has 1 aromatic carbocycles. The zero-order chi connectivity index (χ0) is 17.2. The van der Waals surface area contributed by atoms with E-state index in [0.29, 0.717) is 17.2 Å². The molecule has 24 heavy (non-hydrogen) atoms. The number of hydrogen-bond donors (Lipinski definition) is 2. The Kier molecular flexibility index (Phi) is 4.45. The van der Waals surface area contributed by atoms with E-state index in [4.69, 9.17) is 9.47 Å².